The van der Waals surface area contributed by atoms with Gasteiger partial charge in [-0.1, -0.05) is 0 Å². The van der Waals surface area contributed by atoms with E-state index >= 15 is 0 Å². The number of benzene rings is 2. The van der Waals surface area contributed by atoms with E-state index in [0.29, 0.717) is 0 Å². The van der Waals surface area contributed by atoms with E-state index in [2.05, 4.69) is 4.74 Å². The number of phenols is 3. The summed E-state index contributed by atoms with van der Waals surface area (Å²) >= 11 is 0. The third-order valence-electron chi connectivity index (χ3n) is 9.49. The van der Waals surface area contributed by atoms with Crippen LogP contribution in [0.3, 0.4) is 0 Å². The van der Waals surface area contributed by atoms with Gasteiger partial charge in [-0.3, -0.25) is 0 Å². The lowest BCUT2D eigenvalue weighted by Gasteiger charge is -2.42. The van der Waals surface area contributed by atoms with E-state index < -0.39 is 123 Å². The Morgan fingerprint density at radius 2 is 1.25 bits per heavy atom. The second-order valence-electron chi connectivity index (χ2n) is 13.2. The molecule has 2 aromatic carbocycles. The van der Waals surface area contributed by atoms with Gasteiger partial charge in [0.25, 0.3) is 11.9 Å². The predicted octanol–water partition coefficient (Wildman–Crippen LogP) is -4.01. The van der Waals surface area contributed by atoms with E-state index in [9.17, 15) is 66.4 Å². The number of aliphatic hydroxyl groups excluding tert-OH is 10. The van der Waals surface area contributed by atoms with Crippen molar-refractivity contribution < 1.29 is 99.5 Å². The van der Waals surface area contributed by atoms with Crippen molar-refractivity contribution >= 4 is 6.08 Å². The van der Waals surface area contributed by atoms with Gasteiger partial charge in [0.1, 0.15) is 84.2 Å². The highest BCUT2D eigenvalue weighted by molar-refractivity contribution is 5.69. The van der Waals surface area contributed by atoms with Crippen LogP contribution < -0.4 is 4.74 Å². The van der Waals surface area contributed by atoms with Crippen molar-refractivity contribution in [3.63, 3.8) is 0 Å². The van der Waals surface area contributed by atoms with Crippen molar-refractivity contribution in [2.45, 2.75) is 105 Å². The van der Waals surface area contributed by atoms with Gasteiger partial charge in [0.2, 0.25) is 12.6 Å². The lowest BCUT2D eigenvalue weighted by Crippen LogP contribution is -2.61. The smallest absolute Gasteiger partial charge is 0.270 e. The average Bonchev–Trinajstić information content (AvgIpc) is 3.13. The van der Waals surface area contributed by atoms with Crippen LogP contribution in [-0.2, 0) is 23.7 Å². The Labute approximate surface area is 300 Å². The van der Waals surface area contributed by atoms with Gasteiger partial charge < -0.3 is 99.5 Å². The molecule has 3 saturated heterocycles. The number of rotatable bonds is 9. The maximum absolute atomic E-state index is 10.9. The highest BCUT2D eigenvalue weighted by Gasteiger charge is 2.49. The SMILES string of the molecule is C[C@@H]1O[C@@H](OC[C@H]2O[C@@H](OC3=Cc4c(O)cc(O)cc4[OH+]C3c3ccc(O)c(O[C@@H]4O[C@H](CO)[C@@H](O)[C@H](O)[C@H]4O)c3)[C@H](O)[C@H](O)[C@@H]2O)[C@H](O)[C@@H](O)[C@H]1O. The summed E-state index contributed by atoms with van der Waals surface area (Å²) in [6.45, 7) is 0.120. The fourth-order valence-corrected chi connectivity index (χ4v) is 6.34. The first kappa shape index (κ1) is 39.1. The zero-order valence-corrected chi connectivity index (χ0v) is 27.8. The highest BCUT2D eigenvalue weighted by atomic mass is 16.7. The van der Waals surface area contributed by atoms with Gasteiger partial charge in [-0.2, -0.15) is 0 Å². The topological polar surface area (TPSA) is 331 Å². The van der Waals surface area contributed by atoms with Crippen LogP contribution in [0.2, 0.25) is 0 Å². The molecule has 294 valence electrons. The molecule has 6 rings (SSSR count). The van der Waals surface area contributed by atoms with Crippen LogP contribution in [0.15, 0.2) is 36.1 Å². The number of aliphatic hydroxyl groups is 11. The Hall–Kier alpha value is -3.58. The fraction of sp³-hybridized carbons (Fsp3) is 0.576. The number of hydrogen-bond donors (Lipinski definition) is 13. The molecular formula is C33H43O20+. The lowest BCUT2D eigenvalue weighted by molar-refractivity contribution is -0.325. The Morgan fingerprint density at radius 3 is 1.92 bits per heavy atom. The van der Waals surface area contributed by atoms with Gasteiger partial charge in [-0.05, 0) is 25.1 Å². The Kier molecular flexibility index (Phi) is 11.5. The van der Waals surface area contributed by atoms with E-state index in [1.807, 2.05) is 0 Å². The number of phenolic OH excluding ortho intramolecular Hbond substituents is 3. The van der Waals surface area contributed by atoms with E-state index in [1.165, 1.54) is 37.3 Å². The molecule has 4 aliphatic rings. The second-order valence-corrected chi connectivity index (χ2v) is 13.2. The van der Waals surface area contributed by atoms with Gasteiger partial charge in [-0.15, -0.1) is 0 Å². The van der Waals surface area contributed by atoms with E-state index in [0.717, 1.165) is 6.07 Å². The minimum absolute atomic E-state index is 0.0645. The molecule has 1 unspecified atom stereocenters. The summed E-state index contributed by atoms with van der Waals surface area (Å²) in [6, 6.07) is 6.07. The first-order valence-electron chi connectivity index (χ1n) is 16.6. The van der Waals surface area contributed by atoms with E-state index in [4.69, 9.17) is 28.4 Å². The molecule has 4 heterocycles. The fourth-order valence-electron chi connectivity index (χ4n) is 6.34. The molecule has 0 radical (unpaired) electrons. The zero-order valence-electron chi connectivity index (χ0n) is 27.8. The van der Waals surface area contributed by atoms with Crippen molar-refractivity contribution in [1.29, 1.82) is 0 Å². The number of aromatic hydroxyl groups is 4. The summed E-state index contributed by atoms with van der Waals surface area (Å²) in [6.07, 6.45) is -24.0. The molecule has 0 spiro atoms. The van der Waals surface area contributed by atoms with Crippen molar-refractivity contribution in [1.82, 2.24) is 0 Å². The predicted molar refractivity (Wildman–Crippen MR) is 171 cm³/mol. The largest absolute Gasteiger partial charge is 0.571 e. The molecule has 14 N–H and O–H groups in total. The molecule has 4 aliphatic heterocycles. The molecule has 2 aromatic rings. The monoisotopic (exact) mass is 759 g/mol. The Balaban J connectivity index is 1.26. The normalized spacial score (nSPS) is 40.1. The average molecular weight is 760 g/mol. The molecule has 20 heteroatoms. The van der Waals surface area contributed by atoms with Gasteiger partial charge in [0, 0.05) is 12.1 Å². The van der Waals surface area contributed by atoms with Crippen LogP contribution in [-0.4, -0.2) is 176 Å². The molecule has 16 atom stereocenters. The van der Waals surface area contributed by atoms with Crippen molar-refractivity contribution in [3.8, 4) is 28.7 Å². The first-order chi connectivity index (χ1) is 25.1. The van der Waals surface area contributed by atoms with Crippen LogP contribution in [0, 0.1) is 0 Å². The summed E-state index contributed by atoms with van der Waals surface area (Å²) in [7, 11) is 0. The summed E-state index contributed by atoms with van der Waals surface area (Å²) in [5.74, 6) is -1.63. The molecule has 0 amide bonds. The maximum atomic E-state index is 10.9. The molecule has 0 aromatic heterocycles. The molecule has 0 saturated carbocycles. The second kappa shape index (κ2) is 15.6. The summed E-state index contributed by atoms with van der Waals surface area (Å²) in [4.78, 5) is 0. The Morgan fingerprint density at radius 1 is 0.642 bits per heavy atom. The van der Waals surface area contributed by atoms with E-state index in [-0.39, 0.29) is 34.1 Å². The maximum Gasteiger partial charge on any atom is 0.270 e. The van der Waals surface area contributed by atoms with Gasteiger partial charge in [-0.25, -0.2) is 0 Å². The first-order valence-corrected chi connectivity index (χ1v) is 16.6. The number of fused-ring (bicyclic) bond motifs is 1. The Bertz CT molecular complexity index is 1620. The third kappa shape index (κ3) is 7.70. The van der Waals surface area contributed by atoms with Gasteiger partial charge >= 0.3 is 0 Å². The minimum Gasteiger partial charge on any atom is -0.571 e. The molecule has 53 heavy (non-hydrogen) atoms. The molecule has 20 nitrogen and oxygen atoms in total. The van der Waals surface area contributed by atoms with E-state index in [1.54, 1.807) is 0 Å². The quantitative estimate of drug-likeness (QED) is 0.108. The van der Waals surface area contributed by atoms with Crippen LogP contribution in [0.25, 0.3) is 6.08 Å². The van der Waals surface area contributed by atoms with Crippen LogP contribution in [0.4, 0.5) is 0 Å². The van der Waals surface area contributed by atoms with Crippen LogP contribution in [0.1, 0.15) is 24.2 Å². The molecule has 3 fully saturated rings. The summed E-state index contributed by atoms with van der Waals surface area (Å²) in [5.41, 5.74) is 0.251. The minimum atomic E-state index is -1.89. The summed E-state index contributed by atoms with van der Waals surface area (Å²) < 4.78 is 38.4. The van der Waals surface area contributed by atoms with Crippen LogP contribution >= 0.6 is 0 Å². The lowest BCUT2D eigenvalue weighted by atomic mass is 9.98. The van der Waals surface area contributed by atoms with Crippen molar-refractivity contribution in [3.05, 3.63) is 47.2 Å². The van der Waals surface area contributed by atoms with Crippen LogP contribution in [0.5, 0.6) is 28.7 Å². The van der Waals surface area contributed by atoms with Gasteiger partial charge in [0.15, 0.2) is 23.5 Å². The van der Waals surface area contributed by atoms with Crippen molar-refractivity contribution in [2.75, 3.05) is 13.2 Å². The van der Waals surface area contributed by atoms with Gasteiger partial charge in [0.05, 0.1) is 30.9 Å². The molecule has 0 bridgehead atoms. The summed E-state index contributed by atoms with van der Waals surface area (Å²) in [5, 5.41) is 135. The standard InChI is InChI=1S/C33H42O20/c1-10-21(38)24(41)27(44)31(48-10)47-9-20-23(40)26(43)29(46)33(53-20)51-18-7-13-15(37)5-12(35)6-16(13)49-30(18)11-2-3-14(36)17(4-11)50-32-28(45)25(42)22(39)19(8-34)52-32/h2-7,10,19-46H,8-9H2,1H3/p+1/t10-,19+,20+,21-,22+,23+,24-,25-,26+,27+,28+,29+,30?,31+,32+,33+/m0/s1. The van der Waals surface area contributed by atoms with Crippen molar-refractivity contribution in [2.24, 2.45) is 0 Å². The molecular weight excluding hydrogens is 716 g/mol. The third-order valence-corrected chi connectivity index (χ3v) is 9.49. The molecule has 0 aliphatic carbocycles. The zero-order chi connectivity index (χ0) is 38.5. The number of ether oxygens (including phenoxy) is 7. The number of hydrogen-bond acceptors (Lipinski definition) is 19. The highest BCUT2D eigenvalue weighted by Crippen LogP contribution is 2.46.